The minimum absolute atomic E-state index is 0.470. The molecule has 1 saturated heterocycles. The van der Waals surface area contributed by atoms with E-state index in [2.05, 4.69) is 41.3 Å². The number of hydrazone groups is 1. The molecule has 2 aromatic rings. The highest BCUT2D eigenvalue weighted by molar-refractivity contribution is 9.10. The molecule has 0 spiro atoms. The minimum atomic E-state index is 0.470. The van der Waals surface area contributed by atoms with E-state index in [-0.39, 0.29) is 0 Å². The predicted molar refractivity (Wildman–Crippen MR) is 92.2 cm³/mol. The van der Waals surface area contributed by atoms with E-state index in [1.165, 1.54) is 0 Å². The Kier molecular flexibility index (Phi) is 4.92. The number of rotatable bonds is 4. The van der Waals surface area contributed by atoms with Crippen molar-refractivity contribution in [3.05, 3.63) is 33.8 Å². The molecule has 1 N–H and O–H groups in total. The zero-order valence-corrected chi connectivity index (χ0v) is 14.6. The van der Waals surface area contributed by atoms with Gasteiger partial charge in [0.15, 0.2) is 5.76 Å². The number of furan rings is 1. The lowest BCUT2D eigenvalue weighted by Crippen LogP contribution is -2.36. The number of morpholine rings is 1. The summed E-state index contributed by atoms with van der Waals surface area (Å²) in [5, 5.41) is 4.14. The summed E-state index contributed by atoms with van der Waals surface area (Å²) in [6, 6.07) is 3.80. The summed E-state index contributed by atoms with van der Waals surface area (Å²) in [6.07, 6.45) is 1.61. The lowest BCUT2D eigenvalue weighted by atomic mass is 10.4. The number of nitrogens with zero attached hydrogens (tertiary/aromatic N) is 4. The summed E-state index contributed by atoms with van der Waals surface area (Å²) in [5.41, 5.74) is 4.61. The zero-order valence-electron chi connectivity index (χ0n) is 13.0. The molecule has 0 aliphatic carbocycles. The smallest absolute Gasteiger partial charge is 0.243 e. The van der Waals surface area contributed by atoms with Crippen LogP contribution in [0.2, 0.25) is 0 Å². The number of aryl methyl sites for hydroxylation is 2. The van der Waals surface area contributed by atoms with E-state index < -0.39 is 0 Å². The van der Waals surface area contributed by atoms with Gasteiger partial charge in [0.1, 0.15) is 0 Å². The third-order valence-corrected chi connectivity index (χ3v) is 3.89. The molecule has 23 heavy (non-hydrogen) atoms. The Morgan fingerprint density at radius 3 is 2.61 bits per heavy atom. The fourth-order valence-electron chi connectivity index (χ4n) is 2.35. The first-order chi connectivity index (χ1) is 11.1. The Morgan fingerprint density at radius 2 is 1.91 bits per heavy atom. The standard InChI is InChI=1S/C15H18BrN5O2/c1-10-7-11(2)19-15(18-10)20-17-9-12-8-13(16)14(23-12)21-3-5-22-6-4-21/h7-9H,3-6H2,1-2H3,(H,18,19,20)/b17-9+. The molecular formula is C15H18BrN5O2. The number of halogens is 1. The van der Waals surface area contributed by atoms with E-state index >= 15 is 0 Å². The molecule has 7 nitrogen and oxygen atoms in total. The number of aromatic nitrogens is 2. The van der Waals surface area contributed by atoms with Crippen LogP contribution in [0.15, 0.2) is 26.1 Å². The van der Waals surface area contributed by atoms with Crippen LogP contribution in [0.5, 0.6) is 0 Å². The van der Waals surface area contributed by atoms with Crippen LogP contribution < -0.4 is 10.3 Å². The van der Waals surface area contributed by atoms with Crippen molar-refractivity contribution in [1.82, 2.24) is 9.97 Å². The van der Waals surface area contributed by atoms with Gasteiger partial charge in [-0.05, 0) is 35.8 Å². The summed E-state index contributed by atoms with van der Waals surface area (Å²) >= 11 is 3.53. The van der Waals surface area contributed by atoms with Gasteiger partial charge in [-0.25, -0.2) is 15.4 Å². The highest BCUT2D eigenvalue weighted by Gasteiger charge is 2.18. The van der Waals surface area contributed by atoms with Gasteiger partial charge in [0.05, 0.1) is 23.9 Å². The van der Waals surface area contributed by atoms with Gasteiger partial charge in [-0.1, -0.05) is 0 Å². The van der Waals surface area contributed by atoms with Crippen LogP contribution in [-0.2, 0) is 4.74 Å². The molecule has 8 heteroatoms. The molecule has 0 saturated carbocycles. The van der Waals surface area contributed by atoms with Crippen LogP contribution in [0, 0.1) is 13.8 Å². The van der Waals surface area contributed by atoms with Gasteiger partial charge < -0.3 is 14.1 Å². The van der Waals surface area contributed by atoms with Crippen molar-refractivity contribution in [2.75, 3.05) is 36.6 Å². The normalized spacial score (nSPS) is 15.3. The fraction of sp³-hybridized carbons (Fsp3) is 0.400. The van der Waals surface area contributed by atoms with Crippen LogP contribution in [0.1, 0.15) is 17.1 Å². The van der Waals surface area contributed by atoms with Crippen molar-refractivity contribution < 1.29 is 9.15 Å². The maximum atomic E-state index is 5.83. The third kappa shape index (κ3) is 4.08. The average molecular weight is 380 g/mol. The molecule has 1 fully saturated rings. The van der Waals surface area contributed by atoms with E-state index in [1.54, 1.807) is 6.21 Å². The van der Waals surface area contributed by atoms with Crippen LogP contribution >= 0.6 is 15.9 Å². The van der Waals surface area contributed by atoms with Crippen molar-refractivity contribution in [2.45, 2.75) is 13.8 Å². The maximum absolute atomic E-state index is 5.83. The second kappa shape index (κ2) is 7.10. The number of ether oxygens (including phenoxy) is 1. The number of hydrogen-bond donors (Lipinski definition) is 1. The Bertz CT molecular complexity index is 690. The van der Waals surface area contributed by atoms with Gasteiger partial charge in [0.2, 0.25) is 11.8 Å². The fourth-order valence-corrected chi connectivity index (χ4v) is 2.91. The molecule has 0 bridgehead atoms. The van der Waals surface area contributed by atoms with E-state index in [0.717, 1.165) is 34.8 Å². The van der Waals surface area contributed by atoms with Crippen molar-refractivity contribution in [1.29, 1.82) is 0 Å². The average Bonchev–Trinajstić information content (AvgIpc) is 2.88. The van der Waals surface area contributed by atoms with Crippen LogP contribution in [0.3, 0.4) is 0 Å². The SMILES string of the molecule is Cc1cc(C)nc(N/N=C/c2cc(Br)c(N3CCOCC3)o2)n1. The van der Waals surface area contributed by atoms with Crippen molar-refractivity contribution in [3.8, 4) is 0 Å². The van der Waals surface area contributed by atoms with Crippen LogP contribution in [0.25, 0.3) is 0 Å². The first-order valence-corrected chi connectivity index (χ1v) is 8.14. The Balaban J connectivity index is 1.67. The molecule has 0 aromatic carbocycles. The molecule has 0 atom stereocenters. The summed E-state index contributed by atoms with van der Waals surface area (Å²) in [7, 11) is 0. The predicted octanol–water partition coefficient (Wildman–Crippen LogP) is 2.73. The van der Waals surface area contributed by atoms with E-state index in [0.29, 0.717) is 24.9 Å². The molecule has 0 radical (unpaired) electrons. The number of hydrogen-bond acceptors (Lipinski definition) is 7. The summed E-state index contributed by atoms with van der Waals surface area (Å²) < 4.78 is 12.1. The summed E-state index contributed by atoms with van der Waals surface area (Å²) in [5.74, 6) is 1.92. The highest BCUT2D eigenvalue weighted by Crippen LogP contribution is 2.30. The van der Waals surface area contributed by atoms with E-state index in [9.17, 15) is 0 Å². The first kappa shape index (κ1) is 15.9. The van der Waals surface area contributed by atoms with Crippen LogP contribution in [-0.4, -0.2) is 42.5 Å². The topological polar surface area (TPSA) is 75.8 Å². The van der Waals surface area contributed by atoms with E-state index in [4.69, 9.17) is 9.15 Å². The van der Waals surface area contributed by atoms with Crippen LogP contribution in [0.4, 0.5) is 11.8 Å². The Labute approximate surface area is 142 Å². The largest absolute Gasteiger partial charge is 0.438 e. The molecule has 2 aromatic heterocycles. The first-order valence-electron chi connectivity index (χ1n) is 7.35. The Morgan fingerprint density at radius 1 is 1.22 bits per heavy atom. The monoisotopic (exact) mass is 379 g/mol. The molecular weight excluding hydrogens is 362 g/mol. The molecule has 1 aliphatic heterocycles. The molecule has 0 amide bonds. The maximum Gasteiger partial charge on any atom is 0.243 e. The van der Waals surface area contributed by atoms with Gasteiger partial charge in [0, 0.05) is 30.5 Å². The lowest BCUT2D eigenvalue weighted by Gasteiger charge is -2.26. The van der Waals surface area contributed by atoms with Gasteiger partial charge in [-0.2, -0.15) is 5.10 Å². The van der Waals surface area contributed by atoms with Gasteiger partial charge in [-0.3, -0.25) is 0 Å². The van der Waals surface area contributed by atoms with Gasteiger partial charge in [0.25, 0.3) is 0 Å². The highest BCUT2D eigenvalue weighted by atomic mass is 79.9. The molecule has 3 rings (SSSR count). The summed E-state index contributed by atoms with van der Waals surface area (Å²) in [4.78, 5) is 10.7. The quantitative estimate of drug-likeness (QED) is 0.650. The van der Waals surface area contributed by atoms with E-state index in [1.807, 2.05) is 26.0 Å². The number of nitrogens with one attached hydrogen (secondary N) is 1. The van der Waals surface area contributed by atoms with Gasteiger partial charge >= 0.3 is 0 Å². The second-order valence-electron chi connectivity index (χ2n) is 5.25. The van der Waals surface area contributed by atoms with Crippen molar-refractivity contribution >= 4 is 34.0 Å². The van der Waals surface area contributed by atoms with Gasteiger partial charge in [-0.15, -0.1) is 0 Å². The van der Waals surface area contributed by atoms with Crippen molar-refractivity contribution in [2.24, 2.45) is 5.10 Å². The molecule has 3 heterocycles. The molecule has 122 valence electrons. The lowest BCUT2D eigenvalue weighted by molar-refractivity contribution is 0.120. The third-order valence-electron chi connectivity index (χ3n) is 3.32. The molecule has 0 unspecified atom stereocenters. The molecule has 1 aliphatic rings. The Hall–Kier alpha value is -1.93. The van der Waals surface area contributed by atoms with Crippen molar-refractivity contribution in [3.63, 3.8) is 0 Å². The summed E-state index contributed by atoms with van der Waals surface area (Å²) in [6.45, 7) is 6.89. The zero-order chi connectivity index (χ0) is 16.2. The minimum Gasteiger partial charge on any atom is -0.438 e. The second-order valence-corrected chi connectivity index (χ2v) is 6.10. The number of anilines is 2.